The van der Waals surface area contributed by atoms with Crippen molar-refractivity contribution in [2.24, 2.45) is 0 Å². The van der Waals surface area contributed by atoms with Gasteiger partial charge >= 0.3 is 0 Å². The van der Waals surface area contributed by atoms with E-state index in [0.717, 1.165) is 0 Å². The number of nitrogens with zero attached hydrogens (tertiary/aromatic N) is 1. The molecule has 53 valence electrons. The zero-order valence-corrected chi connectivity index (χ0v) is 6.04. The maximum absolute atomic E-state index is 10.2. The molecule has 0 amide bonds. The van der Waals surface area contributed by atoms with E-state index >= 15 is 0 Å². The normalized spacial score (nSPS) is 10.1. The fraction of sp³-hybridized carbons (Fsp3) is 0.167. The van der Waals surface area contributed by atoms with Crippen LogP contribution in [-0.2, 0) is 16.5 Å². The van der Waals surface area contributed by atoms with E-state index in [1.165, 1.54) is 0 Å². The zero-order chi connectivity index (χ0) is 7.40. The van der Waals surface area contributed by atoms with E-state index in [1.54, 1.807) is 18.3 Å². The molecule has 1 radical (unpaired) electrons. The van der Waals surface area contributed by atoms with Gasteiger partial charge < -0.3 is 0 Å². The largest absolute Gasteiger partial charge is 0.254 e. The molecule has 0 bridgehead atoms. The Morgan fingerprint density at radius 2 is 2.40 bits per heavy atom. The topological polar surface area (TPSA) is 47.0 Å². The van der Waals surface area contributed by atoms with Gasteiger partial charge in [-0.25, -0.2) is 8.42 Å². The van der Waals surface area contributed by atoms with Crippen molar-refractivity contribution in [1.29, 1.82) is 0 Å². The Kier molecular flexibility index (Phi) is 2.39. The Balaban J connectivity index is 2.77. The van der Waals surface area contributed by atoms with E-state index in [0.29, 0.717) is 5.56 Å². The van der Waals surface area contributed by atoms with Crippen molar-refractivity contribution in [3.63, 3.8) is 0 Å². The molecule has 0 saturated heterocycles. The molecule has 3 nitrogen and oxygen atoms in total. The third-order valence-electron chi connectivity index (χ3n) is 0.966. The van der Waals surface area contributed by atoms with Gasteiger partial charge in [0, 0.05) is 6.20 Å². The summed E-state index contributed by atoms with van der Waals surface area (Å²) in [7, 11) is -2.35. The van der Waals surface area contributed by atoms with E-state index in [1.807, 2.05) is 0 Å². The highest BCUT2D eigenvalue weighted by atomic mass is 32.2. The Labute approximate surface area is 60.7 Å². The van der Waals surface area contributed by atoms with Gasteiger partial charge in [-0.2, -0.15) is 0 Å². The lowest BCUT2D eigenvalue weighted by atomic mass is 10.3. The molecule has 0 aliphatic heterocycles. The number of hydrogen-bond donors (Lipinski definition) is 1. The molecular weight excluding hydrogens is 150 g/mol. The van der Waals surface area contributed by atoms with Crippen molar-refractivity contribution in [3.8, 4) is 0 Å². The van der Waals surface area contributed by atoms with Crippen molar-refractivity contribution in [3.05, 3.63) is 30.1 Å². The first-order valence-electron chi connectivity index (χ1n) is 2.72. The molecule has 0 aliphatic rings. The van der Waals surface area contributed by atoms with Crippen LogP contribution in [0.4, 0.5) is 0 Å². The van der Waals surface area contributed by atoms with Gasteiger partial charge in [0.1, 0.15) is 10.7 Å². The Bertz CT molecular complexity index is 260. The first-order chi connectivity index (χ1) is 4.79. The average molecular weight is 156 g/mol. The Hall–Kier alpha value is -0.900. The van der Waals surface area contributed by atoms with Gasteiger partial charge in [-0.15, -0.1) is 0 Å². The summed E-state index contributed by atoms with van der Waals surface area (Å²) in [6, 6.07) is 3.36. The van der Waals surface area contributed by atoms with Crippen molar-refractivity contribution < 1.29 is 8.42 Å². The minimum absolute atomic E-state index is 0.0309. The first-order valence-corrected chi connectivity index (χ1v) is 4.08. The fourth-order valence-electron chi connectivity index (χ4n) is 0.587. The molecule has 10 heavy (non-hydrogen) atoms. The van der Waals surface area contributed by atoms with Gasteiger partial charge in [0.2, 0.25) is 0 Å². The highest BCUT2D eigenvalue weighted by Gasteiger charge is 1.91. The summed E-state index contributed by atoms with van der Waals surface area (Å²) in [5, 5.41) is 0. The quantitative estimate of drug-likeness (QED) is 0.613. The lowest BCUT2D eigenvalue weighted by Gasteiger charge is -1.88. The SMILES string of the molecule is O=[SH](=O)Cc1[c]nccc1. The number of thiol groups is 1. The molecule has 0 spiro atoms. The molecular formula is C6H6NO2S. The Morgan fingerprint density at radius 3 is 2.90 bits per heavy atom. The van der Waals surface area contributed by atoms with E-state index in [9.17, 15) is 8.42 Å². The average Bonchev–Trinajstić information content (AvgIpc) is 1.88. The second kappa shape index (κ2) is 3.31. The molecule has 1 aromatic rings. The van der Waals surface area contributed by atoms with Crippen LogP contribution in [-0.4, -0.2) is 13.4 Å². The minimum Gasteiger partial charge on any atom is -0.254 e. The van der Waals surface area contributed by atoms with Crippen LogP contribution in [0.15, 0.2) is 18.3 Å². The van der Waals surface area contributed by atoms with Crippen molar-refractivity contribution in [1.82, 2.24) is 4.98 Å². The lowest BCUT2D eigenvalue weighted by molar-refractivity contribution is 0.614. The molecule has 1 aromatic heterocycles. The van der Waals surface area contributed by atoms with Gasteiger partial charge in [-0.3, -0.25) is 4.98 Å². The van der Waals surface area contributed by atoms with Gasteiger partial charge in [0.15, 0.2) is 0 Å². The summed E-state index contributed by atoms with van der Waals surface area (Å²) >= 11 is 0. The number of hydrogen-bond acceptors (Lipinski definition) is 3. The molecule has 1 rings (SSSR count). The van der Waals surface area contributed by atoms with Gasteiger partial charge in [0.05, 0.1) is 11.9 Å². The van der Waals surface area contributed by atoms with Crippen LogP contribution >= 0.6 is 0 Å². The number of rotatable bonds is 2. The predicted molar refractivity (Wildman–Crippen MR) is 37.1 cm³/mol. The summed E-state index contributed by atoms with van der Waals surface area (Å²) in [6.07, 6.45) is 4.12. The molecule has 0 saturated carbocycles. The first kappa shape index (κ1) is 7.21. The molecule has 0 aromatic carbocycles. The second-order valence-corrected chi connectivity index (χ2v) is 2.75. The van der Waals surface area contributed by atoms with Gasteiger partial charge in [-0.05, 0) is 11.6 Å². The maximum atomic E-state index is 10.2. The highest BCUT2D eigenvalue weighted by molar-refractivity contribution is 7.71. The van der Waals surface area contributed by atoms with Crippen LogP contribution in [0.2, 0.25) is 0 Å². The zero-order valence-electron chi connectivity index (χ0n) is 5.15. The molecule has 0 fully saturated rings. The molecule has 4 heteroatoms. The van der Waals surface area contributed by atoms with Crippen LogP contribution in [0.1, 0.15) is 5.56 Å². The number of pyridine rings is 1. The third kappa shape index (κ3) is 2.14. The predicted octanol–water partition coefficient (Wildman–Crippen LogP) is -0.00681. The van der Waals surface area contributed by atoms with Gasteiger partial charge in [0.25, 0.3) is 0 Å². The van der Waals surface area contributed by atoms with Crippen LogP contribution in [0.3, 0.4) is 0 Å². The summed E-state index contributed by atoms with van der Waals surface area (Å²) in [5.41, 5.74) is 0.610. The van der Waals surface area contributed by atoms with Crippen LogP contribution in [0, 0.1) is 6.20 Å². The molecule has 0 N–H and O–H groups in total. The number of aromatic nitrogens is 1. The molecule has 0 aliphatic carbocycles. The lowest BCUT2D eigenvalue weighted by Crippen LogP contribution is -1.86. The fourth-order valence-corrected chi connectivity index (χ4v) is 1.04. The van der Waals surface area contributed by atoms with Crippen LogP contribution < -0.4 is 0 Å². The van der Waals surface area contributed by atoms with Crippen molar-refractivity contribution in [2.75, 3.05) is 0 Å². The second-order valence-electron chi connectivity index (χ2n) is 1.77. The molecule has 0 atom stereocenters. The summed E-state index contributed by atoms with van der Waals surface area (Å²) in [4.78, 5) is 3.65. The smallest absolute Gasteiger partial charge is 0.144 e. The maximum Gasteiger partial charge on any atom is 0.144 e. The molecule has 1 heterocycles. The molecule has 0 unspecified atom stereocenters. The monoisotopic (exact) mass is 156 g/mol. The van der Waals surface area contributed by atoms with E-state index in [4.69, 9.17) is 0 Å². The van der Waals surface area contributed by atoms with Gasteiger partial charge in [-0.1, -0.05) is 6.07 Å². The highest BCUT2D eigenvalue weighted by Crippen LogP contribution is 1.94. The van der Waals surface area contributed by atoms with Crippen LogP contribution in [0.5, 0.6) is 0 Å². The summed E-state index contributed by atoms with van der Waals surface area (Å²) in [6.45, 7) is 0. The standard InChI is InChI=1S/C6H6NO2S/c8-10(9)5-6-2-1-3-7-4-6/h1-3,10H,5H2. The van der Waals surface area contributed by atoms with E-state index < -0.39 is 10.7 Å². The Morgan fingerprint density at radius 1 is 1.60 bits per heavy atom. The van der Waals surface area contributed by atoms with E-state index in [2.05, 4.69) is 11.2 Å². The van der Waals surface area contributed by atoms with Crippen molar-refractivity contribution >= 4 is 10.7 Å². The third-order valence-corrected chi connectivity index (χ3v) is 1.56. The van der Waals surface area contributed by atoms with Crippen molar-refractivity contribution in [2.45, 2.75) is 5.75 Å². The summed E-state index contributed by atoms with van der Waals surface area (Å²) in [5.74, 6) is 0.0309. The minimum atomic E-state index is -2.35. The summed E-state index contributed by atoms with van der Waals surface area (Å²) < 4.78 is 20.3. The van der Waals surface area contributed by atoms with Crippen LogP contribution in [0.25, 0.3) is 0 Å². The van der Waals surface area contributed by atoms with E-state index in [-0.39, 0.29) is 5.75 Å².